The van der Waals surface area contributed by atoms with Gasteiger partial charge in [-0.15, -0.1) is 6.58 Å². The molecule has 1 rings (SSSR count). The Morgan fingerprint density at radius 1 is 1.56 bits per heavy atom. The van der Waals surface area contributed by atoms with Crippen molar-refractivity contribution >= 4 is 23.5 Å². The van der Waals surface area contributed by atoms with Crippen LogP contribution in [0.4, 0.5) is 0 Å². The first-order chi connectivity index (χ1) is 7.76. The second kappa shape index (κ2) is 6.74. The summed E-state index contributed by atoms with van der Waals surface area (Å²) in [5.74, 6) is 0. The molecule has 1 N–H and O–H groups in total. The minimum atomic E-state index is 0.448. The maximum atomic E-state index is 8.48. The molecule has 0 fully saturated rings. The summed E-state index contributed by atoms with van der Waals surface area (Å²) < 4.78 is 0. The Hall–Kier alpha value is -1.68. The molecule has 4 nitrogen and oxygen atoms in total. The van der Waals surface area contributed by atoms with Gasteiger partial charge in [-0.25, -0.2) is 4.98 Å². The highest BCUT2D eigenvalue weighted by Gasteiger charge is 1.99. The Morgan fingerprint density at radius 2 is 2.38 bits per heavy atom. The third-order valence-electron chi connectivity index (χ3n) is 1.80. The van der Waals surface area contributed by atoms with Crippen molar-refractivity contribution < 1.29 is 5.21 Å². The smallest absolute Gasteiger partial charge is 0.129 e. The molecule has 1 heterocycles. The minimum Gasteiger partial charge on any atom is -0.411 e. The monoisotopic (exact) mass is 237 g/mol. The van der Waals surface area contributed by atoms with Crippen LogP contribution in [0, 0.1) is 0 Å². The second-order valence-corrected chi connectivity index (χ2v) is 3.42. The first kappa shape index (κ1) is 12.4. The number of aliphatic imine (C=N–C) groups is 1. The van der Waals surface area contributed by atoms with Gasteiger partial charge in [0.25, 0.3) is 0 Å². The van der Waals surface area contributed by atoms with E-state index in [9.17, 15) is 0 Å². The third kappa shape index (κ3) is 4.23. The summed E-state index contributed by atoms with van der Waals surface area (Å²) in [6, 6.07) is 3.56. The molecule has 0 amide bonds. The molecule has 1 aromatic heterocycles. The van der Waals surface area contributed by atoms with Crippen LogP contribution in [0.5, 0.6) is 0 Å². The highest BCUT2D eigenvalue weighted by molar-refractivity contribution is 6.31. The molecular formula is C11H12ClN3O. The van der Waals surface area contributed by atoms with Gasteiger partial charge in [-0.3, -0.25) is 4.99 Å². The fraction of sp³-hybridized carbons (Fsp3) is 0.182. The van der Waals surface area contributed by atoms with Crippen LogP contribution in [0.3, 0.4) is 0 Å². The third-order valence-corrected chi connectivity index (χ3v) is 2.03. The highest BCUT2D eigenvalue weighted by atomic mass is 35.5. The molecule has 0 aromatic carbocycles. The first-order valence-electron chi connectivity index (χ1n) is 4.68. The van der Waals surface area contributed by atoms with Crippen molar-refractivity contribution in [2.24, 2.45) is 10.1 Å². The SMILES string of the molecule is C=CCN=C(C=NO)Cc1ccc(Cl)nc1. The van der Waals surface area contributed by atoms with Crippen molar-refractivity contribution in [1.29, 1.82) is 0 Å². The molecule has 0 aliphatic rings. The van der Waals surface area contributed by atoms with Crippen molar-refractivity contribution in [1.82, 2.24) is 4.98 Å². The molecule has 0 atom stereocenters. The summed E-state index contributed by atoms with van der Waals surface area (Å²) in [4.78, 5) is 8.13. The van der Waals surface area contributed by atoms with Crippen LogP contribution in [-0.2, 0) is 6.42 Å². The molecule has 0 aliphatic heterocycles. The Kier molecular flexibility index (Phi) is 5.22. The zero-order chi connectivity index (χ0) is 11.8. The van der Waals surface area contributed by atoms with Gasteiger partial charge in [0, 0.05) is 12.6 Å². The van der Waals surface area contributed by atoms with Gasteiger partial charge in [0.15, 0.2) is 0 Å². The van der Waals surface area contributed by atoms with Gasteiger partial charge in [0.05, 0.1) is 18.5 Å². The zero-order valence-electron chi connectivity index (χ0n) is 8.67. The van der Waals surface area contributed by atoms with Crippen molar-refractivity contribution in [3.8, 4) is 0 Å². The lowest BCUT2D eigenvalue weighted by molar-refractivity contribution is 0.322. The van der Waals surface area contributed by atoms with Gasteiger partial charge < -0.3 is 5.21 Å². The summed E-state index contributed by atoms with van der Waals surface area (Å²) in [5.41, 5.74) is 1.61. The Bertz CT molecular complexity index is 398. The van der Waals surface area contributed by atoms with E-state index in [0.29, 0.717) is 23.8 Å². The van der Waals surface area contributed by atoms with E-state index in [-0.39, 0.29) is 0 Å². The summed E-state index contributed by atoms with van der Waals surface area (Å²) in [6.45, 7) is 4.06. The molecule has 0 bridgehead atoms. The maximum absolute atomic E-state index is 8.48. The lowest BCUT2D eigenvalue weighted by atomic mass is 10.1. The first-order valence-corrected chi connectivity index (χ1v) is 5.06. The fourth-order valence-electron chi connectivity index (χ4n) is 1.11. The number of hydrogen-bond donors (Lipinski definition) is 1. The molecule has 84 valence electrons. The topological polar surface area (TPSA) is 57.8 Å². The van der Waals surface area contributed by atoms with E-state index in [2.05, 4.69) is 21.7 Å². The largest absolute Gasteiger partial charge is 0.411 e. The number of rotatable bonds is 5. The quantitative estimate of drug-likeness (QED) is 0.281. The van der Waals surface area contributed by atoms with Crippen molar-refractivity contribution in [2.45, 2.75) is 6.42 Å². The average molecular weight is 238 g/mol. The van der Waals surface area contributed by atoms with Crippen molar-refractivity contribution in [3.63, 3.8) is 0 Å². The Balaban J connectivity index is 2.75. The summed E-state index contributed by atoms with van der Waals surface area (Å²) in [5, 5.41) is 11.9. The fourth-order valence-corrected chi connectivity index (χ4v) is 1.22. The second-order valence-electron chi connectivity index (χ2n) is 3.03. The van der Waals surface area contributed by atoms with Gasteiger partial charge in [0.2, 0.25) is 0 Å². The van der Waals surface area contributed by atoms with Crippen molar-refractivity contribution in [2.75, 3.05) is 6.54 Å². The summed E-state index contributed by atoms with van der Waals surface area (Å²) in [7, 11) is 0. The van der Waals surface area contributed by atoms with Gasteiger partial charge in [-0.1, -0.05) is 28.9 Å². The van der Waals surface area contributed by atoms with E-state index in [1.165, 1.54) is 6.21 Å². The molecule has 5 heteroatoms. The average Bonchev–Trinajstić information content (AvgIpc) is 2.29. The van der Waals surface area contributed by atoms with Crippen LogP contribution in [0.1, 0.15) is 5.56 Å². The predicted molar refractivity (Wildman–Crippen MR) is 65.7 cm³/mol. The predicted octanol–water partition coefficient (Wildman–Crippen LogP) is 2.36. The molecule has 0 aliphatic carbocycles. The molecule has 0 unspecified atom stereocenters. The van der Waals surface area contributed by atoms with Gasteiger partial charge in [-0.05, 0) is 11.6 Å². The standard InChI is InChI=1S/C11H12ClN3O/c1-2-5-13-10(8-15-16)6-9-3-4-11(12)14-7-9/h2-4,7-8,16H,1,5-6H2. The number of oxime groups is 1. The van der Waals surface area contributed by atoms with Crippen LogP contribution in [0.15, 0.2) is 41.1 Å². The van der Waals surface area contributed by atoms with Crippen LogP contribution in [0.25, 0.3) is 0 Å². The molecular weight excluding hydrogens is 226 g/mol. The molecule has 0 saturated heterocycles. The molecule has 0 spiro atoms. The molecule has 0 saturated carbocycles. The van der Waals surface area contributed by atoms with E-state index in [4.69, 9.17) is 16.8 Å². The summed E-state index contributed by atoms with van der Waals surface area (Å²) in [6.07, 6.45) is 5.18. The van der Waals surface area contributed by atoms with Crippen LogP contribution >= 0.6 is 11.6 Å². The normalized spacial score (nSPS) is 11.9. The minimum absolute atomic E-state index is 0.448. The van der Waals surface area contributed by atoms with Gasteiger partial charge in [-0.2, -0.15) is 0 Å². The number of hydrogen-bond acceptors (Lipinski definition) is 4. The van der Waals surface area contributed by atoms with E-state index in [1.54, 1.807) is 18.3 Å². The number of aromatic nitrogens is 1. The van der Waals surface area contributed by atoms with E-state index < -0.39 is 0 Å². The van der Waals surface area contributed by atoms with Gasteiger partial charge in [0.1, 0.15) is 5.15 Å². The highest BCUT2D eigenvalue weighted by Crippen LogP contribution is 2.06. The molecule has 0 radical (unpaired) electrons. The van der Waals surface area contributed by atoms with Gasteiger partial charge >= 0.3 is 0 Å². The lowest BCUT2D eigenvalue weighted by Gasteiger charge is -2.00. The van der Waals surface area contributed by atoms with Crippen LogP contribution in [-0.4, -0.2) is 28.7 Å². The Morgan fingerprint density at radius 3 is 2.94 bits per heavy atom. The molecule has 1 aromatic rings. The zero-order valence-corrected chi connectivity index (χ0v) is 9.43. The van der Waals surface area contributed by atoms with Crippen LogP contribution in [0.2, 0.25) is 5.15 Å². The van der Waals surface area contributed by atoms with E-state index in [1.807, 2.05) is 6.07 Å². The summed E-state index contributed by atoms with van der Waals surface area (Å²) >= 11 is 5.67. The number of halogens is 1. The van der Waals surface area contributed by atoms with E-state index in [0.717, 1.165) is 5.56 Å². The molecule has 16 heavy (non-hydrogen) atoms. The van der Waals surface area contributed by atoms with Crippen LogP contribution < -0.4 is 0 Å². The lowest BCUT2D eigenvalue weighted by Crippen LogP contribution is -2.06. The van der Waals surface area contributed by atoms with E-state index >= 15 is 0 Å². The number of nitrogens with zero attached hydrogens (tertiary/aromatic N) is 3. The Labute approximate surface area is 99.0 Å². The van der Waals surface area contributed by atoms with Crippen molar-refractivity contribution in [3.05, 3.63) is 41.7 Å². The maximum Gasteiger partial charge on any atom is 0.129 e. The number of pyridine rings is 1.